The van der Waals surface area contributed by atoms with Crippen molar-refractivity contribution in [2.24, 2.45) is 5.92 Å². The lowest BCUT2D eigenvalue weighted by Crippen LogP contribution is -2.09. The Kier molecular flexibility index (Phi) is 5.60. The van der Waals surface area contributed by atoms with Gasteiger partial charge in [-0.05, 0) is 49.2 Å². The predicted octanol–water partition coefficient (Wildman–Crippen LogP) is 4.38. The molecule has 1 aliphatic carbocycles. The molecule has 1 aliphatic rings. The first-order valence-corrected chi connectivity index (χ1v) is 7.38. The lowest BCUT2D eigenvalue weighted by Gasteiger charge is -2.14. The summed E-state index contributed by atoms with van der Waals surface area (Å²) in [6.07, 6.45) is 11.9. The van der Waals surface area contributed by atoms with Gasteiger partial charge in [0.15, 0.2) is 0 Å². The Morgan fingerprint density at radius 3 is 2.85 bits per heavy atom. The smallest absolute Gasteiger partial charge is 0.303 e. The first kappa shape index (κ1) is 14.6. The quantitative estimate of drug-likeness (QED) is 0.862. The summed E-state index contributed by atoms with van der Waals surface area (Å²) >= 11 is 0. The molecular formula is C18H22O2. The van der Waals surface area contributed by atoms with E-state index in [1.807, 2.05) is 6.07 Å². The van der Waals surface area contributed by atoms with Gasteiger partial charge in [-0.15, -0.1) is 0 Å². The highest BCUT2D eigenvalue weighted by atomic mass is 16.4. The second kappa shape index (κ2) is 7.68. The number of aryl methyl sites for hydroxylation is 1. The summed E-state index contributed by atoms with van der Waals surface area (Å²) in [5, 5.41) is 9.03. The van der Waals surface area contributed by atoms with E-state index in [0.717, 1.165) is 32.1 Å². The van der Waals surface area contributed by atoms with Crippen LogP contribution in [0.3, 0.4) is 0 Å². The number of hydrogen-bond donors (Lipinski definition) is 1. The van der Waals surface area contributed by atoms with Crippen molar-refractivity contribution in [3.63, 3.8) is 0 Å². The molecule has 0 saturated carbocycles. The van der Waals surface area contributed by atoms with E-state index in [1.54, 1.807) is 0 Å². The molecule has 0 aliphatic heterocycles. The van der Waals surface area contributed by atoms with Gasteiger partial charge < -0.3 is 5.11 Å². The van der Waals surface area contributed by atoms with E-state index in [0.29, 0.717) is 0 Å². The first-order valence-electron chi connectivity index (χ1n) is 7.38. The number of carbonyl (C=O) groups is 1. The highest BCUT2D eigenvalue weighted by Gasteiger charge is 2.17. The molecule has 0 aromatic heterocycles. The van der Waals surface area contributed by atoms with E-state index in [1.165, 1.54) is 11.1 Å². The number of allylic oxidation sites excluding steroid dienone is 4. The average molecular weight is 270 g/mol. The van der Waals surface area contributed by atoms with Gasteiger partial charge in [-0.25, -0.2) is 0 Å². The number of aliphatic carboxylic acids is 1. The summed E-state index contributed by atoms with van der Waals surface area (Å²) in [5.41, 5.74) is 2.54. The second-order valence-electron chi connectivity index (χ2n) is 5.36. The van der Waals surface area contributed by atoms with E-state index in [2.05, 4.69) is 42.5 Å². The molecule has 0 fully saturated rings. The van der Waals surface area contributed by atoms with Crippen molar-refractivity contribution >= 4 is 5.97 Å². The first-order chi connectivity index (χ1) is 9.75. The topological polar surface area (TPSA) is 37.3 Å². The highest BCUT2D eigenvalue weighted by Crippen LogP contribution is 2.27. The van der Waals surface area contributed by atoms with Crippen molar-refractivity contribution in [3.8, 4) is 0 Å². The van der Waals surface area contributed by atoms with Gasteiger partial charge >= 0.3 is 5.97 Å². The summed E-state index contributed by atoms with van der Waals surface area (Å²) in [6, 6.07) is 10.4. The Bertz CT molecular complexity index is 485. The monoisotopic (exact) mass is 270 g/mol. The van der Waals surface area contributed by atoms with E-state index in [-0.39, 0.29) is 12.3 Å². The van der Waals surface area contributed by atoms with Crippen molar-refractivity contribution in [1.82, 2.24) is 0 Å². The molecule has 106 valence electrons. The summed E-state index contributed by atoms with van der Waals surface area (Å²) < 4.78 is 0. The van der Waals surface area contributed by atoms with Crippen LogP contribution in [0.4, 0.5) is 0 Å². The molecule has 0 heterocycles. The summed E-state index contributed by atoms with van der Waals surface area (Å²) in [5.74, 6) is -0.513. The van der Waals surface area contributed by atoms with E-state index in [4.69, 9.17) is 5.11 Å². The molecule has 20 heavy (non-hydrogen) atoms. The van der Waals surface area contributed by atoms with E-state index >= 15 is 0 Å². The standard InChI is InChI=1S/C18H22O2/c19-18(20)14-17-12-6-2-5-11-16(17)13-7-10-15-8-3-1-4-9-15/h1,3-5,8-9,11,13,17H,2,6-7,10,12,14H2,(H,19,20). The SMILES string of the molecule is O=C(O)CC1CCCC=CC1=CCCc1ccccc1. The third-order valence-electron chi connectivity index (χ3n) is 3.78. The number of benzene rings is 1. The minimum atomic E-state index is -0.695. The molecule has 2 rings (SSSR count). The zero-order valence-corrected chi connectivity index (χ0v) is 11.8. The molecular weight excluding hydrogens is 248 g/mol. The molecule has 2 heteroatoms. The number of rotatable bonds is 5. The third-order valence-corrected chi connectivity index (χ3v) is 3.78. The largest absolute Gasteiger partial charge is 0.481 e. The zero-order chi connectivity index (χ0) is 14.2. The van der Waals surface area contributed by atoms with E-state index < -0.39 is 5.97 Å². The molecule has 2 nitrogen and oxygen atoms in total. The average Bonchev–Trinajstić information content (AvgIpc) is 2.65. The van der Waals surface area contributed by atoms with Crippen LogP contribution in [0.25, 0.3) is 0 Å². The number of carboxylic acids is 1. The van der Waals surface area contributed by atoms with Gasteiger partial charge in [-0.1, -0.05) is 48.6 Å². The lowest BCUT2D eigenvalue weighted by molar-refractivity contribution is -0.137. The van der Waals surface area contributed by atoms with Crippen LogP contribution in [0, 0.1) is 5.92 Å². The predicted molar refractivity (Wildman–Crippen MR) is 81.6 cm³/mol. The Morgan fingerprint density at radius 1 is 1.30 bits per heavy atom. The molecule has 0 amide bonds. The van der Waals surface area contributed by atoms with Crippen molar-refractivity contribution in [2.75, 3.05) is 0 Å². The van der Waals surface area contributed by atoms with Crippen molar-refractivity contribution < 1.29 is 9.90 Å². The van der Waals surface area contributed by atoms with Crippen LogP contribution in [0.15, 0.2) is 54.1 Å². The van der Waals surface area contributed by atoms with Crippen molar-refractivity contribution in [1.29, 1.82) is 0 Å². The van der Waals surface area contributed by atoms with Crippen LogP contribution in [0.2, 0.25) is 0 Å². The highest BCUT2D eigenvalue weighted by molar-refractivity contribution is 5.67. The molecule has 1 unspecified atom stereocenters. The Hall–Kier alpha value is -1.83. The Balaban J connectivity index is 1.98. The fourth-order valence-corrected chi connectivity index (χ4v) is 2.72. The van der Waals surface area contributed by atoms with Crippen molar-refractivity contribution in [3.05, 3.63) is 59.7 Å². The summed E-state index contributed by atoms with van der Waals surface area (Å²) in [7, 11) is 0. The van der Waals surface area contributed by atoms with Gasteiger partial charge in [-0.3, -0.25) is 4.79 Å². The van der Waals surface area contributed by atoms with Crippen LogP contribution >= 0.6 is 0 Å². The van der Waals surface area contributed by atoms with Gasteiger partial charge in [0.1, 0.15) is 0 Å². The Morgan fingerprint density at radius 2 is 2.10 bits per heavy atom. The van der Waals surface area contributed by atoms with Crippen LogP contribution in [-0.4, -0.2) is 11.1 Å². The maximum atomic E-state index is 11.0. The summed E-state index contributed by atoms with van der Waals surface area (Å²) in [4.78, 5) is 11.0. The maximum Gasteiger partial charge on any atom is 0.303 e. The maximum absolute atomic E-state index is 11.0. The minimum Gasteiger partial charge on any atom is -0.481 e. The van der Waals surface area contributed by atoms with Gasteiger partial charge in [0, 0.05) is 0 Å². The van der Waals surface area contributed by atoms with Gasteiger partial charge in [-0.2, -0.15) is 0 Å². The molecule has 1 aromatic rings. The van der Waals surface area contributed by atoms with Crippen molar-refractivity contribution in [2.45, 2.75) is 38.5 Å². The van der Waals surface area contributed by atoms with E-state index in [9.17, 15) is 4.79 Å². The second-order valence-corrected chi connectivity index (χ2v) is 5.36. The van der Waals surface area contributed by atoms with Gasteiger partial charge in [0.05, 0.1) is 6.42 Å². The third kappa shape index (κ3) is 4.69. The molecule has 1 N–H and O–H groups in total. The molecule has 1 atom stereocenters. The summed E-state index contributed by atoms with van der Waals surface area (Å²) in [6.45, 7) is 0. The van der Waals surface area contributed by atoms with Gasteiger partial charge in [0.2, 0.25) is 0 Å². The Labute approximate surface area is 120 Å². The van der Waals surface area contributed by atoms with Crippen LogP contribution in [-0.2, 0) is 11.2 Å². The molecule has 0 bridgehead atoms. The number of hydrogen-bond acceptors (Lipinski definition) is 1. The van der Waals surface area contributed by atoms with Gasteiger partial charge in [0.25, 0.3) is 0 Å². The number of carboxylic acid groups (broad SMARTS) is 1. The minimum absolute atomic E-state index is 0.182. The lowest BCUT2D eigenvalue weighted by atomic mass is 9.91. The zero-order valence-electron chi connectivity index (χ0n) is 11.8. The van der Waals surface area contributed by atoms with Crippen LogP contribution in [0.5, 0.6) is 0 Å². The van der Waals surface area contributed by atoms with Crippen LogP contribution < -0.4 is 0 Å². The molecule has 0 saturated heterocycles. The molecule has 0 radical (unpaired) electrons. The van der Waals surface area contributed by atoms with Crippen LogP contribution in [0.1, 0.15) is 37.7 Å². The normalized spacial score (nSPS) is 20.8. The fraction of sp³-hybridized carbons (Fsp3) is 0.389. The molecule has 0 spiro atoms. The fourth-order valence-electron chi connectivity index (χ4n) is 2.72. The molecule has 1 aromatic carbocycles.